The second-order valence-corrected chi connectivity index (χ2v) is 6.79. The number of nitrogens with one attached hydrogen (secondary N) is 1. The normalized spacial score (nSPS) is 16.6. The summed E-state index contributed by atoms with van der Waals surface area (Å²) < 4.78 is 0. The summed E-state index contributed by atoms with van der Waals surface area (Å²) in [5.74, 6) is 0. The molecule has 0 aromatic heterocycles. The van der Waals surface area contributed by atoms with Gasteiger partial charge in [-0.05, 0) is 63.5 Å². The van der Waals surface area contributed by atoms with Gasteiger partial charge in [0, 0.05) is 17.6 Å². The summed E-state index contributed by atoms with van der Waals surface area (Å²) in [7, 11) is 2.29. The third-order valence-corrected chi connectivity index (χ3v) is 5.03. The average molecular weight is 309 g/mol. The number of hydrogen-bond acceptors (Lipinski definition) is 2. The number of rotatable bonds is 7. The van der Waals surface area contributed by atoms with Crippen LogP contribution in [0.4, 0.5) is 0 Å². The Morgan fingerprint density at radius 3 is 2.71 bits per heavy atom. The Bertz CT molecular complexity index is 427. The first-order valence-corrected chi connectivity index (χ1v) is 8.70. The molecule has 1 aromatic carbocycles. The van der Waals surface area contributed by atoms with Crippen molar-refractivity contribution in [2.24, 2.45) is 0 Å². The Hall–Kier alpha value is -0.570. The fraction of sp³-hybridized carbons (Fsp3) is 0.667. The first kappa shape index (κ1) is 16.8. The van der Waals surface area contributed by atoms with Gasteiger partial charge in [0.15, 0.2) is 0 Å². The zero-order valence-electron chi connectivity index (χ0n) is 13.5. The van der Waals surface area contributed by atoms with Gasteiger partial charge < -0.3 is 10.2 Å². The van der Waals surface area contributed by atoms with E-state index in [0.717, 1.165) is 29.7 Å². The van der Waals surface area contributed by atoms with Crippen molar-refractivity contribution in [1.82, 2.24) is 10.2 Å². The third-order valence-electron chi connectivity index (χ3n) is 4.63. The van der Waals surface area contributed by atoms with Crippen LogP contribution < -0.4 is 5.32 Å². The lowest BCUT2D eigenvalue weighted by atomic mass is 9.94. The van der Waals surface area contributed by atoms with E-state index in [1.165, 1.54) is 50.6 Å². The minimum atomic E-state index is 0.828. The predicted octanol–water partition coefficient (Wildman–Crippen LogP) is 4.39. The number of hydrogen-bond donors (Lipinski definition) is 1. The van der Waals surface area contributed by atoms with E-state index in [1.54, 1.807) is 0 Å². The van der Waals surface area contributed by atoms with Crippen molar-refractivity contribution >= 4 is 11.6 Å². The minimum absolute atomic E-state index is 0.828. The SMILES string of the molecule is Cc1ccc(CNCCCN(C)C2CCCCC2)cc1Cl. The molecule has 1 saturated carbocycles. The van der Waals surface area contributed by atoms with Gasteiger partial charge in [0.2, 0.25) is 0 Å². The second kappa shape index (κ2) is 8.77. The van der Waals surface area contributed by atoms with Gasteiger partial charge >= 0.3 is 0 Å². The molecule has 2 nitrogen and oxygen atoms in total. The fourth-order valence-corrected chi connectivity index (χ4v) is 3.34. The van der Waals surface area contributed by atoms with E-state index in [2.05, 4.69) is 35.5 Å². The topological polar surface area (TPSA) is 15.3 Å². The molecule has 3 heteroatoms. The van der Waals surface area contributed by atoms with E-state index in [1.807, 2.05) is 6.92 Å². The van der Waals surface area contributed by atoms with E-state index in [4.69, 9.17) is 11.6 Å². The van der Waals surface area contributed by atoms with E-state index in [9.17, 15) is 0 Å². The van der Waals surface area contributed by atoms with E-state index >= 15 is 0 Å². The smallest absolute Gasteiger partial charge is 0.0438 e. The molecule has 118 valence electrons. The molecule has 0 aliphatic heterocycles. The number of aryl methyl sites for hydroxylation is 1. The highest BCUT2D eigenvalue weighted by molar-refractivity contribution is 6.31. The van der Waals surface area contributed by atoms with Crippen molar-refractivity contribution in [3.8, 4) is 0 Å². The maximum Gasteiger partial charge on any atom is 0.0438 e. The summed E-state index contributed by atoms with van der Waals surface area (Å²) in [5.41, 5.74) is 2.42. The molecule has 1 N–H and O–H groups in total. The van der Waals surface area contributed by atoms with Crippen LogP contribution in [-0.2, 0) is 6.54 Å². The molecular formula is C18H29ClN2. The number of halogens is 1. The summed E-state index contributed by atoms with van der Waals surface area (Å²) in [6.07, 6.45) is 8.28. The molecule has 1 aliphatic carbocycles. The maximum atomic E-state index is 6.15. The summed E-state index contributed by atoms with van der Waals surface area (Å²) >= 11 is 6.15. The Balaban J connectivity index is 1.60. The molecule has 1 aromatic rings. The minimum Gasteiger partial charge on any atom is -0.313 e. The zero-order valence-corrected chi connectivity index (χ0v) is 14.3. The van der Waals surface area contributed by atoms with Crippen LogP contribution in [0.25, 0.3) is 0 Å². The maximum absolute atomic E-state index is 6.15. The highest BCUT2D eigenvalue weighted by atomic mass is 35.5. The molecule has 0 radical (unpaired) electrons. The van der Waals surface area contributed by atoms with Gasteiger partial charge in [-0.2, -0.15) is 0 Å². The number of benzene rings is 1. The fourth-order valence-electron chi connectivity index (χ4n) is 3.14. The molecule has 0 bridgehead atoms. The first-order chi connectivity index (χ1) is 10.2. The Morgan fingerprint density at radius 2 is 2.00 bits per heavy atom. The molecule has 0 unspecified atom stereocenters. The van der Waals surface area contributed by atoms with Crippen LogP contribution in [0.1, 0.15) is 49.7 Å². The van der Waals surface area contributed by atoms with E-state index < -0.39 is 0 Å². The molecule has 2 rings (SSSR count). The van der Waals surface area contributed by atoms with Gasteiger partial charge in [-0.25, -0.2) is 0 Å². The van der Waals surface area contributed by atoms with Gasteiger partial charge in [0.05, 0.1) is 0 Å². The lowest BCUT2D eigenvalue weighted by Crippen LogP contribution is -2.35. The summed E-state index contributed by atoms with van der Waals surface area (Å²) in [6.45, 7) is 5.22. The van der Waals surface area contributed by atoms with Crippen molar-refractivity contribution in [2.75, 3.05) is 20.1 Å². The molecule has 1 aliphatic rings. The van der Waals surface area contributed by atoms with Crippen molar-refractivity contribution in [2.45, 2.75) is 58.0 Å². The van der Waals surface area contributed by atoms with Crippen molar-refractivity contribution in [1.29, 1.82) is 0 Å². The Labute approximate surface area is 134 Å². The van der Waals surface area contributed by atoms with Crippen LogP contribution in [0, 0.1) is 6.92 Å². The standard InChI is InChI=1S/C18H29ClN2/c1-15-9-10-16(13-18(15)19)14-20-11-6-12-21(2)17-7-4-3-5-8-17/h9-10,13,17,20H,3-8,11-12,14H2,1-2H3. The van der Waals surface area contributed by atoms with Gasteiger partial charge in [0.25, 0.3) is 0 Å². The van der Waals surface area contributed by atoms with Crippen molar-refractivity contribution < 1.29 is 0 Å². The van der Waals surface area contributed by atoms with E-state index in [0.29, 0.717) is 0 Å². The van der Waals surface area contributed by atoms with Crippen LogP contribution in [-0.4, -0.2) is 31.1 Å². The molecular weight excluding hydrogens is 280 g/mol. The second-order valence-electron chi connectivity index (χ2n) is 6.39. The van der Waals surface area contributed by atoms with Crippen molar-refractivity contribution in [3.63, 3.8) is 0 Å². The Morgan fingerprint density at radius 1 is 1.24 bits per heavy atom. The lowest BCUT2D eigenvalue weighted by molar-refractivity contribution is 0.189. The first-order valence-electron chi connectivity index (χ1n) is 8.33. The predicted molar refractivity (Wildman–Crippen MR) is 92.0 cm³/mol. The van der Waals surface area contributed by atoms with Gasteiger partial charge in [0.1, 0.15) is 0 Å². The molecule has 0 heterocycles. The van der Waals surface area contributed by atoms with Crippen molar-refractivity contribution in [3.05, 3.63) is 34.3 Å². The Kier molecular flexibility index (Phi) is 7.01. The quantitative estimate of drug-likeness (QED) is 0.751. The highest BCUT2D eigenvalue weighted by Crippen LogP contribution is 2.21. The molecule has 21 heavy (non-hydrogen) atoms. The van der Waals surface area contributed by atoms with Crippen LogP contribution >= 0.6 is 11.6 Å². The van der Waals surface area contributed by atoms with Crippen LogP contribution in [0.3, 0.4) is 0 Å². The third kappa shape index (κ3) is 5.61. The molecule has 0 amide bonds. The largest absolute Gasteiger partial charge is 0.313 e. The van der Waals surface area contributed by atoms with Crippen LogP contribution in [0.15, 0.2) is 18.2 Å². The lowest BCUT2D eigenvalue weighted by Gasteiger charge is -2.31. The molecule has 1 fully saturated rings. The summed E-state index contributed by atoms with van der Waals surface area (Å²) in [5, 5.41) is 4.39. The molecule has 0 saturated heterocycles. The van der Waals surface area contributed by atoms with Gasteiger partial charge in [-0.3, -0.25) is 0 Å². The van der Waals surface area contributed by atoms with Crippen LogP contribution in [0.2, 0.25) is 5.02 Å². The average Bonchev–Trinajstić information content (AvgIpc) is 2.51. The van der Waals surface area contributed by atoms with Gasteiger partial charge in [-0.15, -0.1) is 0 Å². The van der Waals surface area contributed by atoms with E-state index in [-0.39, 0.29) is 0 Å². The monoisotopic (exact) mass is 308 g/mol. The molecule has 0 spiro atoms. The molecule has 0 atom stereocenters. The summed E-state index contributed by atoms with van der Waals surface area (Å²) in [6, 6.07) is 7.14. The summed E-state index contributed by atoms with van der Waals surface area (Å²) in [4.78, 5) is 2.56. The number of nitrogens with zero attached hydrogens (tertiary/aromatic N) is 1. The zero-order chi connectivity index (χ0) is 15.1. The van der Waals surface area contributed by atoms with Gasteiger partial charge in [-0.1, -0.05) is 43.0 Å². The van der Waals surface area contributed by atoms with Crippen LogP contribution in [0.5, 0.6) is 0 Å². The highest BCUT2D eigenvalue weighted by Gasteiger charge is 2.16.